The van der Waals surface area contributed by atoms with Gasteiger partial charge in [0.2, 0.25) is 0 Å². The first-order chi connectivity index (χ1) is 9.29. The molecule has 0 spiro atoms. The molecule has 1 aliphatic carbocycles. The number of nitrogens with zero attached hydrogens (tertiary/aromatic N) is 5. The van der Waals surface area contributed by atoms with Crippen molar-refractivity contribution in [2.75, 3.05) is 18.0 Å². The Balaban J connectivity index is 1.44. The van der Waals surface area contributed by atoms with E-state index in [-0.39, 0.29) is 0 Å². The zero-order valence-corrected chi connectivity index (χ0v) is 11.0. The van der Waals surface area contributed by atoms with Crippen LogP contribution in [-0.4, -0.2) is 33.1 Å². The first-order valence-electron chi connectivity index (χ1n) is 6.89. The molecule has 0 N–H and O–H groups in total. The molecule has 3 heterocycles. The predicted octanol–water partition coefficient (Wildman–Crippen LogP) is 1.92. The molecule has 4 rings (SSSR count). The number of hydrogen-bond acceptors (Lipinski definition) is 4. The number of anilines is 1. The summed E-state index contributed by atoms with van der Waals surface area (Å²) in [6.45, 7) is 4.05. The van der Waals surface area contributed by atoms with Crippen molar-refractivity contribution in [3.05, 3.63) is 35.9 Å². The van der Waals surface area contributed by atoms with Gasteiger partial charge in [0, 0.05) is 42.8 Å². The van der Waals surface area contributed by atoms with Crippen molar-refractivity contribution in [2.45, 2.75) is 31.7 Å². The normalized spacial score (nSPS) is 19.5. The Kier molecular flexibility index (Phi) is 2.33. The lowest BCUT2D eigenvalue weighted by atomic mass is 10.1. The molecular weight excluding hydrogens is 238 g/mol. The summed E-state index contributed by atoms with van der Waals surface area (Å²) in [6.07, 6.45) is 6.58. The van der Waals surface area contributed by atoms with Crippen LogP contribution in [0.15, 0.2) is 24.5 Å². The summed E-state index contributed by atoms with van der Waals surface area (Å²) in [5, 5.41) is 8.55. The minimum absolute atomic E-state index is 0.466. The van der Waals surface area contributed by atoms with E-state index in [1.807, 2.05) is 17.8 Å². The maximum Gasteiger partial charge on any atom is 0.0886 e. The summed E-state index contributed by atoms with van der Waals surface area (Å²) in [4.78, 5) is 6.59. The Morgan fingerprint density at radius 1 is 1.26 bits per heavy atom. The number of rotatable bonds is 3. The van der Waals surface area contributed by atoms with Gasteiger partial charge in [-0.25, -0.2) is 4.68 Å². The number of hydrogen-bond donors (Lipinski definition) is 0. The standard InChI is InChI=1S/C14H17N5/c1-10-6-12(4-5-15-10)18-7-13(8-18)19-9-14(16-17-19)11-2-3-11/h4-6,9,11,13H,2-3,7-8H2,1H3. The van der Waals surface area contributed by atoms with Gasteiger partial charge < -0.3 is 4.90 Å². The fourth-order valence-electron chi connectivity index (χ4n) is 2.60. The fourth-order valence-corrected chi connectivity index (χ4v) is 2.60. The molecule has 0 radical (unpaired) electrons. The van der Waals surface area contributed by atoms with Gasteiger partial charge in [-0.2, -0.15) is 0 Å². The Hall–Kier alpha value is -1.91. The van der Waals surface area contributed by atoms with E-state index in [4.69, 9.17) is 0 Å². The van der Waals surface area contributed by atoms with Crippen LogP contribution >= 0.6 is 0 Å². The molecule has 98 valence electrons. The van der Waals surface area contributed by atoms with Crippen LogP contribution in [0.3, 0.4) is 0 Å². The summed E-state index contributed by atoms with van der Waals surface area (Å²) in [5.41, 5.74) is 3.50. The predicted molar refractivity (Wildman–Crippen MR) is 72.2 cm³/mol. The molecule has 1 saturated heterocycles. The molecule has 0 atom stereocenters. The molecule has 2 fully saturated rings. The van der Waals surface area contributed by atoms with E-state index in [0.717, 1.165) is 18.8 Å². The van der Waals surface area contributed by atoms with Gasteiger partial charge in [0.05, 0.1) is 11.7 Å². The summed E-state index contributed by atoms with van der Waals surface area (Å²) >= 11 is 0. The lowest BCUT2D eigenvalue weighted by molar-refractivity contribution is 0.361. The molecule has 19 heavy (non-hydrogen) atoms. The zero-order valence-electron chi connectivity index (χ0n) is 11.0. The van der Waals surface area contributed by atoms with Crippen LogP contribution < -0.4 is 4.90 Å². The zero-order chi connectivity index (χ0) is 12.8. The summed E-state index contributed by atoms with van der Waals surface area (Å²) < 4.78 is 2.04. The number of pyridine rings is 1. The first-order valence-corrected chi connectivity index (χ1v) is 6.89. The highest BCUT2D eigenvalue weighted by Gasteiger charge is 2.32. The van der Waals surface area contributed by atoms with E-state index >= 15 is 0 Å². The average molecular weight is 255 g/mol. The first kappa shape index (κ1) is 11.0. The van der Waals surface area contributed by atoms with Crippen molar-refractivity contribution >= 4 is 5.69 Å². The lowest BCUT2D eigenvalue weighted by Gasteiger charge is -2.40. The third-order valence-electron chi connectivity index (χ3n) is 4.01. The highest BCUT2D eigenvalue weighted by atomic mass is 15.5. The van der Waals surface area contributed by atoms with Crippen LogP contribution in [0.2, 0.25) is 0 Å². The summed E-state index contributed by atoms with van der Waals surface area (Å²) in [6, 6.07) is 4.67. The molecule has 0 unspecified atom stereocenters. The highest BCUT2D eigenvalue weighted by Crippen LogP contribution is 2.39. The third-order valence-corrected chi connectivity index (χ3v) is 4.01. The molecule has 1 aliphatic heterocycles. The van der Waals surface area contributed by atoms with Crippen molar-refractivity contribution in [1.29, 1.82) is 0 Å². The quantitative estimate of drug-likeness (QED) is 0.840. The minimum Gasteiger partial charge on any atom is -0.367 e. The van der Waals surface area contributed by atoms with Gasteiger partial charge in [-0.1, -0.05) is 5.21 Å². The summed E-state index contributed by atoms with van der Waals surface area (Å²) in [5.74, 6) is 0.688. The van der Waals surface area contributed by atoms with Gasteiger partial charge in [-0.3, -0.25) is 4.98 Å². The van der Waals surface area contributed by atoms with Crippen LogP contribution in [0.4, 0.5) is 5.69 Å². The van der Waals surface area contributed by atoms with Gasteiger partial charge in [-0.05, 0) is 31.9 Å². The van der Waals surface area contributed by atoms with Crippen molar-refractivity contribution in [3.63, 3.8) is 0 Å². The topological polar surface area (TPSA) is 46.8 Å². The third kappa shape index (κ3) is 1.99. The van der Waals surface area contributed by atoms with Crippen LogP contribution in [0.1, 0.15) is 36.2 Å². The van der Waals surface area contributed by atoms with Crippen LogP contribution in [0, 0.1) is 6.92 Å². The Labute approximate surface area is 112 Å². The Morgan fingerprint density at radius 3 is 2.84 bits per heavy atom. The van der Waals surface area contributed by atoms with Gasteiger partial charge in [0.15, 0.2) is 0 Å². The molecular formula is C14H17N5. The van der Waals surface area contributed by atoms with E-state index < -0.39 is 0 Å². The SMILES string of the molecule is Cc1cc(N2CC(n3cc(C4CC4)nn3)C2)ccn1. The lowest BCUT2D eigenvalue weighted by Crippen LogP contribution is -2.48. The van der Waals surface area contributed by atoms with Gasteiger partial charge in [-0.15, -0.1) is 5.10 Å². The number of aromatic nitrogens is 4. The molecule has 2 aromatic rings. The van der Waals surface area contributed by atoms with E-state index in [1.54, 1.807) is 0 Å². The van der Waals surface area contributed by atoms with E-state index in [2.05, 4.69) is 38.5 Å². The fraction of sp³-hybridized carbons (Fsp3) is 0.500. The van der Waals surface area contributed by atoms with E-state index in [1.165, 1.54) is 24.2 Å². The Morgan fingerprint density at radius 2 is 2.11 bits per heavy atom. The second kappa shape index (κ2) is 4.05. The number of aryl methyl sites for hydroxylation is 1. The van der Waals surface area contributed by atoms with E-state index in [0.29, 0.717) is 12.0 Å². The van der Waals surface area contributed by atoms with Gasteiger partial charge >= 0.3 is 0 Å². The molecule has 5 nitrogen and oxygen atoms in total. The van der Waals surface area contributed by atoms with Crippen molar-refractivity contribution in [3.8, 4) is 0 Å². The summed E-state index contributed by atoms with van der Waals surface area (Å²) in [7, 11) is 0. The molecule has 2 aromatic heterocycles. The maximum atomic E-state index is 4.28. The average Bonchev–Trinajstić information content (AvgIpc) is 3.08. The molecule has 2 aliphatic rings. The molecule has 0 amide bonds. The highest BCUT2D eigenvalue weighted by molar-refractivity contribution is 5.49. The maximum absolute atomic E-state index is 4.28. The second-order valence-corrected chi connectivity index (χ2v) is 5.61. The van der Waals surface area contributed by atoms with Crippen LogP contribution in [-0.2, 0) is 0 Å². The molecule has 0 bridgehead atoms. The Bertz CT molecular complexity index is 595. The van der Waals surface area contributed by atoms with Gasteiger partial charge in [0.25, 0.3) is 0 Å². The van der Waals surface area contributed by atoms with Crippen molar-refractivity contribution in [1.82, 2.24) is 20.0 Å². The van der Waals surface area contributed by atoms with Crippen LogP contribution in [0.5, 0.6) is 0 Å². The molecule has 1 saturated carbocycles. The van der Waals surface area contributed by atoms with E-state index in [9.17, 15) is 0 Å². The smallest absolute Gasteiger partial charge is 0.0886 e. The monoisotopic (exact) mass is 255 g/mol. The van der Waals surface area contributed by atoms with Crippen molar-refractivity contribution in [2.24, 2.45) is 0 Å². The minimum atomic E-state index is 0.466. The molecule has 5 heteroatoms. The van der Waals surface area contributed by atoms with Crippen molar-refractivity contribution < 1.29 is 0 Å². The van der Waals surface area contributed by atoms with Gasteiger partial charge in [0.1, 0.15) is 0 Å². The second-order valence-electron chi connectivity index (χ2n) is 5.61. The van der Waals surface area contributed by atoms with Crippen LogP contribution in [0.25, 0.3) is 0 Å². The largest absolute Gasteiger partial charge is 0.367 e. The molecule has 0 aromatic carbocycles.